The number of halogens is 2. The van der Waals surface area contributed by atoms with Gasteiger partial charge in [-0.3, -0.25) is 4.79 Å². The van der Waals surface area contributed by atoms with Crippen molar-refractivity contribution < 1.29 is 9.90 Å². The highest BCUT2D eigenvalue weighted by atomic mass is 79.9. The van der Waals surface area contributed by atoms with Gasteiger partial charge in [-0.2, -0.15) is 0 Å². The lowest BCUT2D eigenvalue weighted by Gasteiger charge is -2.05. The van der Waals surface area contributed by atoms with Gasteiger partial charge in [0.05, 0.1) is 19.4 Å². The molecule has 0 aliphatic heterocycles. The Bertz CT molecular complexity index is 570. The van der Waals surface area contributed by atoms with Crippen LogP contribution < -0.4 is 5.32 Å². The number of aromatic hydroxyl groups is 1. The number of thiophene rings is 1. The monoisotopic (exact) mass is 331 g/mol. The number of rotatable bonds is 2. The van der Waals surface area contributed by atoms with E-state index in [1.807, 2.05) is 0 Å². The molecule has 2 rings (SSSR count). The van der Waals surface area contributed by atoms with E-state index in [2.05, 4.69) is 21.2 Å². The average molecular weight is 333 g/mol. The van der Waals surface area contributed by atoms with Gasteiger partial charge in [-0.1, -0.05) is 11.6 Å². The fourth-order valence-corrected chi connectivity index (χ4v) is 2.73. The first-order valence-electron chi connectivity index (χ1n) is 4.61. The molecule has 0 unspecified atom stereocenters. The molecule has 0 aliphatic carbocycles. The molecule has 0 bridgehead atoms. The van der Waals surface area contributed by atoms with Crippen LogP contribution in [0.5, 0.6) is 5.75 Å². The number of phenols is 1. The fourth-order valence-electron chi connectivity index (χ4n) is 1.23. The van der Waals surface area contributed by atoms with Gasteiger partial charge in [0.25, 0.3) is 5.91 Å². The molecule has 0 saturated heterocycles. The predicted octanol–water partition coefficient (Wildman–Crippen LogP) is 4.12. The Morgan fingerprint density at radius 2 is 2.12 bits per heavy atom. The average Bonchev–Trinajstić information content (AvgIpc) is 2.69. The number of benzene rings is 1. The molecule has 1 heterocycles. The third-order valence-corrected chi connectivity index (χ3v) is 3.93. The molecule has 1 amide bonds. The molecule has 0 fully saturated rings. The molecule has 6 heteroatoms. The van der Waals surface area contributed by atoms with Crippen LogP contribution in [0.4, 0.5) is 5.69 Å². The first kappa shape index (κ1) is 12.4. The van der Waals surface area contributed by atoms with Crippen molar-refractivity contribution >= 4 is 50.5 Å². The summed E-state index contributed by atoms with van der Waals surface area (Å²) < 4.78 is 0.888. The number of carbonyl (C=O) groups is 1. The lowest BCUT2D eigenvalue weighted by molar-refractivity contribution is 0.103. The number of nitrogens with one attached hydrogen (secondary N) is 1. The normalized spacial score (nSPS) is 10.2. The molecule has 88 valence electrons. The summed E-state index contributed by atoms with van der Waals surface area (Å²) in [4.78, 5) is 12.4. The fraction of sp³-hybridized carbons (Fsp3) is 0. The van der Waals surface area contributed by atoms with Crippen molar-refractivity contribution in [3.63, 3.8) is 0 Å². The van der Waals surface area contributed by atoms with Gasteiger partial charge in [0, 0.05) is 6.07 Å². The first-order valence-corrected chi connectivity index (χ1v) is 6.60. The van der Waals surface area contributed by atoms with E-state index in [4.69, 9.17) is 11.6 Å². The second-order valence-electron chi connectivity index (χ2n) is 3.22. The summed E-state index contributed by atoms with van der Waals surface area (Å²) in [5.41, 5.74) is 0.471. The molecule has 3 nitrogen and oxygen atoms in total. The molecule has 17 heavy (non-hydrogen) atoms. The lowest BCUT2D eigenvalue weighted by Crippen LogP contribution is -2.10. The summed E-state index contributed by atoms with van der Waals surface area (Å²) >= 11 is 10.5. The quantitative estimate of drug-likeness (QED) is 0.813. The number of carbonyl (C=O) groups excluding carboxylic acids is 1. The Balaban J connectivity index is 2.18. The van der Waals surface area contributed by atoms with Crippen LogP contribution in [-0.2, 0) is 0 Å². The number of amides is 1. The molecule has 0 aliphatic rings. The molecule has 1 aromatic heterocycles. The van der Waals surface area contributed by atoms with Crippen molar-refractivity contribution in [3.8, 4) is 5.75 Å². The van der Waals surface area contributed by atoms with Gasteiger partial charge in [-0.25, -0.2) is 0 Å². The minimum atomic E-state index is -0.228. The van der Waals surface area contributed by atoms with Crippen LogP contribution in [0, 0.1) is 0 Å². The first-order chi connectivity index (χ1) is 8.06. The van der Waals surface area contributed by atoms with E-state index in [1.165, 1.54) is 23.5 Å². The molecular formula is C11H7BrClNO2S. The molecule has 2 N–H and O–H groups in total. The second-order valence-corrected chi connectivity index (χ2v) is 6.09. The third-order valence-electron chi connectivity index (χ3n) is 2.00. The standard InChI is InChI=1S/C11H7BrClNO2S/c12-10-4-3-9(17-10)11(16)14-8-2-1-6(15)5-7(8)13/h1-5,15H,(H,14,16). The number of phenolic OH excluding ortho intramolecular Hbond substituents is 1. The Labute approximate surface area is 115 Å². The number of anilines is 1. The largest absolute Gasteiger partial charge is 0.508 e. The summed E-state index contributed by atoms with van der Waals surface area (Å²) in [6.45, 7) is 0. The van der Waals surface area contributed by atoms with Crippen molar-refractivity contribution in [3.05, 3.63) is 44.0 Å². The topological polar surface area (TPSA) is 49.3 Å². The minimum absolute atomic E-state index is 0.0619. The van der Waals surface area contributed by atoms with E-state index >= 15 is 0 Å². The highest BCUT2D eigenvalue weighted by molar-refractivity contribution is 9.11. The van der Waals surface area contributed by atoms with Gasteiger partial charge in [0.1, 0.15) is 5.75 Å². The molecule has 0 spiro atoms. The molecular weight excluding hydrogens is 326 g/mol. The lowest BCUT2D eigenvalue weighted by atomic mass is 10.3. The molecule has 0 atom stereocenters. The van der Waals surface area contributed by atoms with Crippen LogP contribution in [0.15, 0.2) is 34.1 Å². The zero-order valence-corrected chi connectivity index (χ0v) is 11.6. The molecule has 0 radical (unpaired) electrons. The van der Waals surface area contributed by atoms with E-state index in [0.29, 0.717) is 15.6 Å². The maximum atomic E-state index is 11.8. The highest BCUT2D eigenvalue weighted by Gasteiger charge is 2.10. The third kappa shape index (κ3) is 3.00. The summed E-state index contributed by atoms with van der Waals surface area (Å²) in [6.07, 6.45) is 0. The summed E-state index contributed by atoms with van der Waals surface area (Å²) in [7, 11) is 0. The summed E-state index contributed by atoms with van der Waals surface area (Å²) in [5, 5.41) is 12.2. The van der Waals surface area contributed by atoms with E-state index in [0.717, 1.165) is 3.79 Å². The highest BCUT2D eigenvalue weighted by Crippen LogP contribution is 2.28. The van der Waals surface area contributed by atoms with Crippen molar-refractivity contribution in [1.29, 1.82) is 0 Å². The van der Waals surface area contributed by atoms with E-state index < -0.39 is 0 Å². The van der Waals surface area contributed by atoms with Gasteiger partial charge >= 0.3 is 0 Å². The van der Waals surface area contributed by atoms with Crippen LogP contribution in [-0.4, -0.2) is 11.0 Å². The molecule has 0 saturated carbocycles. The van der Waals surface area contributed by atoms with Crippen LogP contribution in [0.25, 0.3) is 0 Å². The Morgan fingerprint density at radius 3 is 2.71 bits per heavy atom. The zero-order valence-electron chi connectivity index (χ0n) is 8.41. The minimum Gasteiger partial charge on any atom is -0.508 e. The van der Waals surface area contributed by atoms with Crippen molar-refractivity contribution in [2.75, 3.05) is 5.32 Å². The molecule has 2 aromatic rings. The smallest absolute Gasteiger partial charge is 0.265 e. The van der Waals surface area contributed by atoms with Crippen LogP contribution in [0.1, 0.15) is 9.67 Å². The Morgan fingerprint density at radius 1 is 1.35 bits per heavy atom. The number of hydrogen-bond acceptors (Lipinski definition) is 3. The van der Waals surface area contributed by atoms with E-state index in [1.54, 1.807) is 18.2 Å². The maximum absolute atomic E-state index is 11.8. The number of hydrogen-bond donors (Lipinski definition) is 2. The zero-order chi connectivity index (χ0) is 12.4. The van der Waals surface area contributed by atoms with Crippen LogP contribution >= 0.6 is 38.9 Å². The summed E-state index contributed by atoms with van der Waals surface area (Å²) in [5.74, 6) is -0.167. The van der Waals surface area contributed by atoms with Gasteiger partial charge < -0.3 is 10.4 Å². The van der Waals surface area contributed by atoms with Crippen LogP contribution in [0.2, 0.25) is 5.02 Å². The summed E-state index contributed by atoms with van der Waals surface area (Å²) in [6, 6.07) is 7.92. The van der Waals surface area contributed by atoms with E-state index in [9.17, 15) is 9.90 Å². The van der Waals surface area contributed by atoms with E-state index in [-0.39, 0.29) is 11.7 Å². The van der Waals surface area contributed by atoms with Crippen molar-refractivity contribution in [2.45, 2.75) is 0 Å². The van der Waals surface area contributed by atoms with Gasteiger partial charge in [0.15, 0.2) is 0 Å². The predicted molar refractivity (Wildman–Crippen MR) is 73.1 cm³/mol. The van der Waals surface area contributed by atoms with Crippen LogP contribution in [0.3, 0.4) is 0 Å². The van der Waals surface area contributed by atoms with Crippen molar-refractivity contribution in [2.24, 2.45) is 0 Å². The second kappa shape index (κ2) is 5.08. The Hall–Kier alpha value is -1.04. The van der Waals surface area contributed by atoms with Gasteiger partial charge in [0.2, 0.25) is 0 Å². The van der Waals surface area contributed by atoms with Crippen molar-refractivity contribution in [1.82, 2.24) is 0 Å². The SMILES string of the molecule is O=C(Nc1ccc(O)cc1Cl)c1ccc(Br)s1. The van der Waals surface area contributed by atoms with Gasteiger partial charge in [-0.05, 0) is 40.2 Å². The maximum Gasteiger partial charge on any atom is 0.265 e. The van der Waals surface area contributed by atoms with Gasteiger partial charge in [-0.15, -0.1) is 11.3 Å². The molecule has 1 aromatic carbocycles. The Kier molecular flexibility index (Phi) is 3.71.